The van der Waals surface area contributed by atoms with E-state index in [2.05, 4.69) is 42.0 Å². The molecule has 0 saturated heterocycles. The fraction of sp³-hybridized carbons (Fsp3) is 0.353. The molecule has 0 bridgehead atoms. The summed E-state index contributed by atoms with van der Waals surface area (Å²) in [5.74, 6) is 0.0181. The first kappa shape index (κ1) is 17.5. The highest BCUT2D eigenvalue weighted by atomic mass is 35.5. The Hall–Kier alpha value is -1.58. The number of hydrogen-bond acceptors (Lipinski definition) is 2. The molecule has 3 nitrogen and oxygen atoms in total. The van der Waals surface area contributed by atoms with Crippen molar-refractivity contribution < 1.29 is 4.79 Å². The lowest BCUT2D eigenvalue weighted by Gasteiger charge is -2.13. The molecule has 2 N–H and O–H groups in total. The number of allylic oxidation sites excluding steroid dienone is 2. The van der Waals surface area contributed by atoms with Crippen LogP contribution < -0.4 is 10.6 Å². The second-order valence-corrected chi connectivity index (χ2v) is 5.17. The standard InChI is InChI=1S/C17H22N2O.ClH/c1-3-5-14(6-4-2)17(20)19-10-13-7-8-15-11-18-12-16(15)9-13;/h3-4,7-9,14,18H,1-2,5-6,10-12H2,(H,19,20);1H. The zero-order valence-corrected chi connectivity index (χ0v) is 13.0. The molecule has 1 amide bonds. The van der Waals surface area contributed by atoms with Crippen LogP contribution >= 0.6 is 12.4 Å². The minimum atomic E-state index is -0.0545. The molecule has 0 saturated carbocycles. The summed E-state index contributed by atoms with van der Waals surface area (Å²) in [6.45, 7) is 9.85. The van der Waals surface area contributed by atoms with Crippen LogP contribution in [-0.4, -0.2) is 5.91 Å². The fourth-order valence-corrected chi connectivity index (χ4v) is 2.50. The number of halogens is 1. The first-order valence-corrected chi connectivity index (χ1v) is 7.05. The summed E-state index contributed by atoms with van der Waals surface area (Å²) in [5, 5.41) is 6.33. The van der Waals surface area contributed by atoms with Crippen LogP contribution in [0.4, 0.5) is 0 Å². The average Bonchev–Trinajstić information content (AvgIpc) is 2.92. The van der Waals surface area contributed by atoms with Crippen molar-refractivity contribution in [1.82, 2.24) is 10.6 Å². The van der Waals surface area contributed by atoms with Crippen LogP contribution in [0.5, 0.6) is 0 Å². The Labute approximate surface area is 132 Å². The molecule has 1 aliphatic rings. The average molecular weight is 307 g/mol. The number of amides is 1. The van der Waals surface area contributed by atoms with E-state index in [4.69, 9.17) is 0 Å². The van der Waals surface area contributed by atoms with Gasteiger partial charge in [-0.3, -0.25) is 4.79 Å². The second kappa shape index (κ2) is 8.65. The minimum Gasteiger partial charge on any atom is -0.352 e. The fourth-order valence-electron chi connectivity index (χ4n) is 2.50. The van der Waals surface area contributed by atoms with Crippen molar-refractivity contribution in [3.63, 3.8) is 0 Å². The topological polar surface area (TPSA) is 41.1 Å². The molecule has 0 fully saturated rings. The molecule has 21 heavy (non-hydrogen) atoms. The van der Waals surface area contributed by atoms with Gasteiger partial charge >= 0.3 is 0 Å². The molecule has 0 aromatic heterocycles. The first-order chi connectivity index (χ1) is 9.74. The molecule has 4 heteroatoms. The zero-order chi connectivity index (χ0) is 14.4. The van der Waals surface area contributed by atoms with Crippen LogP contribution in [0.25, 0.3) is 0 Å². The van der Waals surface area contributed by atoms with Gasteiger partial charge in [0.25, 0.3) is 0 Å². The van der Waals surface area contributed by atoms with Gasteiger partial charge in [-0.25, -0.2) is 0 Å². The third-order valence-electron chi connectivity index (χ3n) is 3.64. The molecule has 0 aliphatic carbocycles. The van der Waals surface area contributed by atoms with E-state index >= 15 is 0 Å². The Kier molecular flexibility index (Phi) is 7.20. The minimum absolute atomic E-state index is 0. The Morgan fingerprint density at radius 3 is 2.57 bits per heavy atom. The maximum absolute atomic E-state index is 12.1. The van der Waals surface area contributed by atoms with Crippen LogP contribution in [0.2, 0.25) is 0 Å². The number of carbonyl (C=O) groups excluding carboxylic acids is 1. The number of hydrogen-bond donors (Lipinski definition) is 2. The monoisotopic (exact) mass is 306 g/mol. The smallest absolute Gasteiger partial charge is 0.224 e. The van der Waals surface area contributed by atoms with Crippen molar-refractivity contribution in [2.75, 3.05) is 0 Å². The molecular weight excluding hydrogens is 284 g/mol. The molecule has 2 rings (SSSR count). The van der Waals surface area contributed by atoms with Gasteiger partial charge in [-0.1, -0.05) is 30.4 Å². The largest absolute Gasteiger partial charge is 0.352 e. The lowest BCUT2D eigenvalue weighted by molar-refractivity contribution is -0.125. The van der Waals surface area contributed by atoms with E-state index in [1.54, 1.807) is 12.2 Å². The van der Waals surface area contributed by atoms with E-state index in [9.17, 15) is 4.79 Å². The van der Waals surface area contributed by atoms with Gasteiger partial charge in [-0.15, -0.1) is 25.6 Å². The van der Waals surface area contributed by atoms with Crippen molar-refractivity contribution in [2.45, 2.75) is 32.5 Å². The maximum atomic E-state index is 12.1. The van der Waals surface area contributed by atoms with E-state index in [1.807, 2.05) is 0 Å². The van der Waals surface area contributed by atoms with Gasteiger partial charge in [-0.2, -0.15) is 0 Å². The summed E-state index contributed by atoms with van der Waals surface area (Å²) in [6, 6.07) is 6.40. The molecule has 0 unspecified atom stereocenters. The predicted octanol–water partition coefficient (Wildman–Crippen LogP) is 3.10. The van der Waals surface area contributed by atoms with Crippen LogP contribution in [0.1, 0.15) is 29.5 Å². The summed E-state index contributed by atoms with van der Waals surface area (Å²) < 4.78 is 0. The summed E-state index contributed by atoms with van der Waals surface area (Å²) >= 11 is 0. The number of rotatable bonds is 7. The van der Waals surface area contributed by atoms with E-state index in [0.29, 0.717) is 19.4 Å². The van der Waals surface area contributed by atoms with Crippen LogP contribution in [0, 0.1) is 5.92 Å². The molecule has 0 spiro atoms. The highest BCUT2D eigenvalue weighted by molar-refractivity contribution is 5.85. The van der Waals surface area contributed by atoms with E-state index in [1.165, 1.54) is 11.1 Å². The maximum Gasteiger partial charge on any atom is 0.224 e. The highest BCUT2D eigenvalue weighted by Crippen LogP contribution is 2.17. The van der Waals surface area contributed by atoms with Crippen molar-refractivity contribution in [3.8, 4) is 0 Å². The van der Waals surface area contributed by atoms with Crippen LogP contribution in [-0.2, 0) is 24.4 Å². The molecule has 1 aromatic carbocycles. The Morgan fingerprint density at radius 2 is 1.90 bits per heavy atom. The van der Waals surface area contributed by atoms with Gasteiger partial charge in [0.05, 0.1) is 0 Å². The van der Waals surface area contributed by atoms with Crippen molar-refractivity contribution >= 4 is 18.3 Å². The summed E-state index contributed by atoms with van der Waals surface area (Å²) in [7, 11) is 0. The number of nitrogens with one attached hydrogen (secondary N) is 2. The Bertz CT molecular complexity index is 504. The normalized spacial score (nSPS) is 12.4. The third kappa shape index (κ3) is 4.73. The van der Waals surface area contributed by atoms with Gasteiger partial charge in [0, 0.05) is 25.6 Å². The lowest BCUT2D eigenvalue weighted by atomic mass is 10.00. The van der Waals surface area contributed by atoms with Gasteiger partial charge in [0.15, 0.2) is 0 Å². The Morgan fingerprint density at radius 1 is 1.24 bits per heavy atom. The van der Waals surface area contributed by atoms with Gasteiger partial charge in [0.2, 0.25) is 5.91 Å². The van der Waals surface area contributed by atoms with Gasteiger partial charge in [-0.05, 0) is 29.5 Å². The number of benzene rings is 1. The number of carbonyl (C=O) groups is 1. The van der Waals surface area contributed by atoms with Crippen molar-refractivity contribution in [2.24, 2.45) is 5.92 Å². The van der Waals surface area contributed by atoms with E-state index < -0.39 is 0 Å². The lowest BCUT2D eigenvalue weighted by Crippen LogP contribution is -2.29. The van der Waals surface area contributed by atoms with E-state index in [0.717, 1.165) is 18.7 Å². The molecule has 0 atom stereocenters. The second-order valence-electron chi connectivity index (χ2n) is 5.17. The zero-order valence-electron chi connectivity index (χ0n) is 12.2. The SMILES string of the molecule is C=CCC(CC=C)C(=O)NCc1ccc2c(c1)CNC2.Cl. The quantitative estimate of drug-likeness (QED) is 0.760. The van der Waals surface area contributed by atoms with E-state index in [-0.39, 0.29) is 24.2 Å². The van der Waals surface area contributed by atoms with Crippen molar-refractivity contribution in [1.29, 1.82) is 0 Å². The molecule has 0 radical (unpaired) electrons. The first-order valence-electron chi connectivity index (χ1n) is 7.05. The van der Waals surface area contributed by atoms with Gasteiger partial charge in [0.1, 0.15) is 0 Å². The Balaban J connectivity index is 0.00000220. The molecule has 1 aromatic rings. The highest BCUT2D eigenvalue weighted by Gasteiger charge is 2.15. The molecule has 1 aliphatic heterocycles. The summed E-state index contributed by atoms with van der Waals surface area (Å²) in [6.07, 6.45) is 4.95. The molecule has 114 valence electrons. The predicted molar refractivity (Wildman–Crippen MR) is 89.2 cm³/mol. The van der Waals surface area contributed by atoms with Crippen LogP contribution in [0.3, 0.4) is 0 Å². The van der Waals surface area contributed by atoms with Crippen molar-refractivity contribution in [3.05, 3.63) is 60.2 Å². The molecular formula is C17H23ClN2O. The van der Waals surface area contributed by atoms with Gasteiger partial charge < -0.3 is 10.6 Å². The van der Waals surface area contributed by atoms with Crippen LogP contribution in [0.15, 0.2) is 43.5 Å². The third-order valence-corrected chi connectivity index (χ3v) is 3.64. The summed E-state index contributed by atoms with van der Waals surface area (Å²) in [5.41, 5.74) is 3.85. The number of fused-ring (bicyclic) bond motifs is 1. The molecule has 1 heterocycles. The summed E-state index contributed by atoms with van der Waals surface area (Å²) in [4.78, 5) is 12.1.